The van der Waals surface area contributed by atoms with E-state index in [1.54, 1.807) is 30.3 Å². The van der Waals surface area contributed by atoms with Crippen LogP contribution in [0.15, 0.2) is 40.8 Å². The van der Waals surface area contributed by atoms with Gasteiger partial charge in [-0.15, -0.1) is 0 Å². The summed E-state index contributed by atoms with van der Waals surface area (Å²) in [5, 5.41) is 3.97. The lowest BCUT2D eigenvalue weighted by Crippen LogP contribution is -2.09. The summed E-state index contributed by atoms with van der Waals surface area (Å²) in [6.45, 7) is 6.40. The van der Waals surface area contributed by atoms with Crippen LogP contribution in [0.1, 0.15) is 59.5 Å². The molecule has 1 aliphatic carbocycles. The molecule has 0 spiro atoms. The van der Waals surface area contributed by atoms with Crippen LogP contribution >= 0.6 is 0 Å². The normalized spacial score (nSPS) is 13.5. The number of furan rings is 1. The standard InChI is InChI=1S/C27H29NO5/c1-5-32-25-17(3)26-22(20-8-6-7-9-23(20)33-26)15-21(25)16(2)14-24(29)28-19-12-10-18(11-13-19)27(30)31-4/h10-15H,5-9H2,1-4H3,(H,28,29)/b16-14+. The van der Waals surface area contributed by atoms with Gasteiger partial charge in [0, 0.05) is 40.3 Å². The van der Waals surface area contributed by atoms with Crippen LogP contribution in [0.3, 0.4) is 0 Å². The van der Waals surface area contributed by atoms with E-state index in [0.717, 1.165) is 64.9 Å². The summed E-state index contributed by atoms with van der Waals surface area (Å²) in [6, 6.07) is 8.68. The maximum absolute atomic E-state index is 12.7. The van der Waals surface area contributed by atoms with Crippen LogP contribution in [0.25, 0.3) is 16.5 Å². The first-order valence-electron chi connectivity index (χ1n) is 11.3. The van der Waals surface area contributed by atoms with E-state index in [1.165, 1.54) is 12.7 Å². The van der Waals surface area contributed by atoms with Gasteiger partial charge in [-0.1, -0.05) is 0 Å². The van der Waals surface area contributed by atoms with E-state index in [0.29, 0.717) is 17.9 Å². The van der Waals surface area contributed by atoms with Gasteiger partial charge in [-0.3, -0.25) is 4.79 Å². The first-order chi connectivity index (χ1) is 15.9. The van der Waals surface area contributed by atoms with Gasteiger partial charge in [-0.25, -0.2) is 4.79 Å². The quantitative estimate of drug-likeness (QED) is 0.379. The van der Waals surface area contributed by atoms with Gasteiger partial charge in [-0.05, 0) is 75.9 Å². The summed E-state index contributed by atoms with van der Waals surface area (Å²) in [5.74, 6) is 1.15. The van der Waals surface area contributed by atoms with E-state index in [2.05, 4.69) is 11.4 Å². The smallest absolute Gasteiger partial charge is 0.337 e. The Labute approximate surface area is 193 Å². The van der Waals surface area contributed by atoms with Crippen molar-refractivity contribution < 1.29 is 23.5 Å². The fourth-order valence-electron chi connectivity index (χ4n) is 4.42. The molecule has 0 atom stereocenters. The molecule has 6 heteroatoms. The minimum absolute atomic E-state index is 0.257. The van der Waals surface area contributed by atoms with Crippen molar-refractivity contribution in [1.82, 2.24) is 0 Å². The van der Waals surface area contributed by atoms with E-state index >= 15 is 0 Å². The largest absolute Gasteiger partial charge is 0.493 e. The molecule has 1 aliphatic rings. The number of rotatable bonds is 6. The lowest BCUT2D eigenvalue weighted by Gasteiger charge is -2.15. The fraction of sp³-hybridized carbons (Fsp3) is 0.333. The van der Waals surface area contributed by atoms with Crippen LogP contribution in [0, 0.1) is 6.92 Å². The number of hydrogen-bond acceptors (Lipinski definition) is 5. The number of fused-ring (bicyclic) bond motifs is 3. The Morgan fingerprint density at radius 1 is 1.15 bits per heavy atom. The van der Waals surface area contributed by atoms with Crippen LogP contribution < -0.4 is 10.1 Å². The Bertz CT molecular complexity index is 1230. The van der Waals surface area contributed by atoms with E-state index in [4.69, 9.17) is 13.9 Å². The predicted molar refractivity (Wildman–Crippen MR) is 129 cm³/mol. The van der Waals surface area contributed by atoms with Crippen LogP contribution in [0.4, 0.5) is 5.69 Å². The second kappa shape index (κ2) is 9.53. The molecule has 0 saturated carbocycles. The van der Waals surface area contributed by atoms with E-state index in [1.807, 2.05) is 20.8 Å². The average molecular weight is 448 g/mol. The van der Waals surface area contributed by atoms with Crippen molar-refractivity contribution in [2.45, 2.75) is 46.5 Å². The zero-order valence-corrected chi connectivity index (χ0v) is 19.5. The van der Waals surface area contributed by atoms with Gasteiger partial charge in [-0.2, -0.15) is 0 Å². The number of carbonyl (C=O) groups is 2. The molecule has 6 nitrogen and oxygen atoms in total. The van der Waals surface area contributed by atoms with Gasteiger partial charge in [0.2, 0.25) is 5.91 Å². The topological polar surface area (TPSA) is 77.8 Å². The summed E-state index contributed by atoms with van der Waals surface area (Å²) in [6.07, 6.45) is 5.87. The first kappa shape index (κ1) is 22.6. The molecule has 0 unspecified atom stereocenters. The molecular weight excluding hydrogens is 418 g/mol. The monoisotopic (exact) mass is 447 g/mol. The number of amides is 1. The number of ether oxygens (including phenoxy) is 2. The Hall–Kier alpha value is -3.54. The van der Waals surface area contributed by atoms with Crippen LogP contribution in [-0.4, -0.2) is 25.6 Å². The fourth-order valence-corrected chi connectivity index (χ4v) is 4.42. The SMILES string of the molecule is CCOc1c(/C(C)=C/C(=O)Nc2ccc(C(=O)OC)cc2)cc2c3c(oc2c1C)CCCC3. The number of allylic oxidation sites excluding steroid dienone is 1. The molecule has 1 amide bonds. The van der Waals surface area contributed by atoms with Crippen molar-refractivity contribution in [3.8, 4) is 5.75 Å². The first-order valence-corrected chi connectivity index (χ1v) is 11.3. The molecule has 0 bridgehead atoms. The number of methoxy groups -OCH3 is 1. The summed E-state index contributed by atoms with van der Waals surface area (Å²) in [7, 11) is 1.33. The van der Waals surface area contributed by atoms with Crippen LogP contribution in [-0.2, 0) is 22.4 Å². The van der Waals surface area contributed by atoms with Crippen molar-refractivity contribution in [3.63, 3.8) is 0 Å². The van der Waals surface area contributed by atoms with Crippen molar-refractivity contribution in [2.24, 2.45) is 0 Å². The predicted octanol–water partition coefficient (Wildman–Crippen LogP) is 5.85. The second-order valence-electron chi connectivity index (χ2n) is 8.28. The van der Waals surface area contributed by atoms with Crippen molar-refractivity contribution >= 4 is 34.1 Å². The number of carbonyl (C=O) groups excluding carboxylic acids is 2. The lowest BCUT2D eigenvalue weighted by molar-refractivity contribution is -0.111. The van der Waals surface area contributed by atoms with Gasteiger partial charge in [0.05, 0.1) is 19.3 Å². The molecule has 3 aromatic rings. The third kappa shape index (κ3) is 4.51. The molecule has 1 heterocycles. The van der Waals surface area contributed by atoms with Crippen molar-refractivity contribution in [3.05, 3.63) is 64.4 Å². The number of anilines is 1. The Morgan fingerprint density at radius 2 is 1.88 bits per heavy atom. The number of esters is 1. The maximum Gasteiger partial charge on any atom is 0.337 e. The number of aryl methyl sites for hydroxylation is 3. The highest BCUT2D eigenvalue weighted by Gasteiger charge is 2.23. The van der Waals surface area contributed by atoms with E-state index < -0.39 is 5.97 Å². The number of benzene rings is 2. The summed E-state index contributed by atoms with van der Waals surface area (Å²) in [4.78, 5) is 24.3. The molecule has 2 aromatic carbocycles. The highest BCUT2D eigenvalue weighted by Crippen LogP contribution is 2.41. The Balaban J connectivity index is 1.65. The molecule has 0 aliphatic heterocycles. The van der Waals surface area contributed by atoms with Gasteiger partial charge in [0.1, 0.15) is 17.1 Å². The molecule has 1 N–H and O–H groups in total. The minimum Gasteiger partial charge on any atom is -0.493 e. The maximum atomic E-state index is 12.7. The molecule has 0 radical (unpaired) electrons. The number of hydrogen-bond donors (Lipinski definition) is 1. The molecule has 0 fully saturated rings. The van der Waals surface area contributed by atoms with Crippen LogP contribution in [0.5, 0.6) is 5.75 Å². The molecule has 0 saturated heterocycles. The Morgan fingerprint density at radius 3 is 2.58 bits per heavy atom. The summed E-state index contributed by atoms with van der Waals surface area (Å²) < 4.78 is 16.9. The van der Waals surface area contributed by atoms with Gasteiger partial charge in [0.15, 0.2) is 0 Å². The second-order valence-corrected chi connectivity index (χ2v) is 8.28. The van der Waals surface area contributed by atoms with E-state index in [9.17, 15) is 9.59 Å². The van der Waals surface area contributed by atoms with Crippen molar-refractivity contribution in [1.29, 1.82) is 0 Å². The third-order valence-electron chi connectivity index (χ3n) is 6.06. The molecule has 33 heavy (non-hydrogen) atoms. The Kier molecular flexibility index (Phi) is 6.54. The van der Waals surface area contributed by atoms with Gasteiger partial charge >= 0.3 is 5.97 Å². The summed E-state index contributed by atoms with van der Waals surface area (Å²) in [5.41, 5.74) is 5.85. The molecule has 1 aromatic heterocycles. The molecule has 4 rings (SSSR count). The van der Waals surface area contributed by atoms with Crippen LogP contribution in [0.2, 0.25) is 0 Å². The van der Waals surface area contributed by atoms with Gasteiger partial charge in [0.25, 0.3) is 0 Å². The molecule has 172 valence electrons. The minimum atomic E-state index is -0.417. The zero-order chi connectivity index (χ0) is 23.5. The van der Waals surface area contributed by atoms with E-state index in [-0.39, 0.29) is 5.91 Å². The average Bonchev–Trinajstić information content (AvgIpc) is 3.19. The zero-order valence-electron chi connectivity index (χ0n) is 19.5. The molecular formula is C27H29NO5. The van der Waals surface area contributed by atoms with Gasteiger partial charge < -0.3 is 19.2 Å². The lowest BCUT2D eigenvalue weighted by atomic mass is 9.93. The summed E-state index contributed by atoms with van der Waals surface area (Å²) >= 11 is 0. The number of nitrogens with one attached hydrogen (secondary N) is 1. The van der Waals surface area contributed by atoms with Crippen molar-refractivity contribution in [2.75, 3.05) is 19.0 Å². The highest BCUT2D eigenvalue weighted by molar-refractivity contribution is 6.05. The highest BCUT2D eigenvalue weighted by atomic mass is 16.5. The third-order valence-corrected chi connectivity index (χ3v) is 6.06.